The van der Waals surface area contributed by atoms with Gasteiger partial charge in [-0.25, -0.2) is 4.68 Å². The molecule has 0 bridgehead atoms. The van der Waals surface area contributed by atoms with Gasteiger partial charge in [-0.3, -0.25) is 4.98 Å². The molecule has 2 aromatic carbocycles. The molecule has 0 aliphatic carbocycles. The number of benzene rings is 2. The quantitative estimate of drug-likeness (QED) is 0.399. The van der Waals surface area contributed by atoms with Gasteiger partial charge in [0, 0.05) is 23.4 Å². The monoisotopic (exact) mass is 417 g/mol. The first-order valence-electron chi connectivity index (χ1n) is 9.35. The standard InChI is InChI=1S/C24H20ClN3O2/c1-29-23-16-24(30-2)19(15-17(23)10-11-18-7-5-6-13-26-18)21-12-14-27-28(21)22-9-4-3-8-20(22)25/h3-16H,1-2H3/b11-10+. The van der Waals surface area contributed by atoms with Crippen molar-refractivity contribution in [3.8, 4) is 28.4 Å². The molecule has 0 atom stereocenters. The SMILES string of the molecule is COc1cc(OC)c(-c2ccnn2-c2ccccc2Cl)cc1/C=C/c1ccccn1. The van der Waals surface area contributed by atoms with Crippen LogP contribution in [-0.2, 0) is 0 Å². The smallest absolute Gasteiger partial charge is 0.131 e. The Hall–Kier alpha value is -3.57. The Morgan fingerprint density at radius 1 is 0.867 bits per heavy atom. The zero-order valence-corrected chi connectivity index (χ0v) is 17.4. The van der Waals surface area contributed by atoms with Crippen LogP contribution in [0.15, 0.2) is 73.1 Å². The minimum Gasteiger partial charge on any atom is -0.496 e. The number of nitrogens with zero attached hydrogens (tertiary/aromatic N) is 3. The summed E-state index contributed by atoms with van der Waals surface area (Å²) in [4.78, 5) is 4.34. The molecule has 30 heavy (non-hydrogen) atoms. The Bertz CT molecular complexity index is 1190. The van der Waals surface area contributed by atoms with Crippen LogP contribution in [0.5, 0.6) is 11.5 Å². The van der Waals surface area contributed by atoms with Gasteiger partial charge in [0.1, 0.15) is 11.5 Å². The predicted octanol–water partition coefficient (Wildman–Crippen LogP) is 5.78. The van der Waals surface area contributed by atoms with E-state index in [9.17, 15) is 0 Å². The summed E-state index contributed by atoms with van der Waals surface area (Å²) in [5, 5.41) is 5.10. The zero-order chi connectivity index (χ0) is 20.9. The fraction of sp³-hybridized carbons (Fsp3) is 0.0833. The van der Waals surface area contributed by atoms with Gasteiger partial charge in [0.05, 0.1) is 42.5 Å². The van der Waals surface area contributed by atoms with Gasteiger partial charge in [-0.1, -0.05) is 29.8 Å². The number of methoxy groups -OCH3 is 2. The molecule has 0 amide bonds. The predicted molar refractivity (Wildman–Crippen MR) is 120 cm³/mol. The second-order valence-corrected chi connectivity index (χ2v) is 6.87. The van der Waals surface area contributed by atoms with Gasteiger partial charge in [-0.15, -0.1) is 0 Å². The van der Waals surface area contributed by atoms with E-state index in [1.807, 2.05) is 72.8 Å². The van der Waals surface area contributed by atoms with Crippen molar-refractivity contribution in [2.24, 2.45) is 0 Å². The van der Waals surface area contributed by atoms with E-state index in [-0.39, 0.29) is 0 Å². The second kappa shape index (κ2) is 8.84. The Labute approximate surface area is 180 Å². The van der Waals surface area contributed by atoms with Gasteiger partial charge in [0.25, 0.3) is 0 Å². The normalized spacial score (nSPS) is 11.0. The third kappa shape index (κ3) is 3.93. The van der Waals surface area contributed by atoms with Gasteiger partial charge in [0.15, 0.2) is 0 Å². The van der Waals surface area contributed by atoms with Crippen LogP contribution in [0.25, 0.3) is 29.1 Å². The van der Waals surface area contributed by atoms with Crippen molar-refractivity contribution in [1.82, 2.24) is 14.8 Å². The summed E-state index contributed by atoms with van der Waals surface area (Å²) in [6.45, 7) is 0. The van der Waals surface area contributed by atoms with Crippen molar-refractivity contribution >= 4 is 23.8 Å². The molecule has 0 aliphatic heterocycles. The molecule has 0 saturated heterocycles. The van der Waals surface area contributed by atoms with Crippen LogP contribution >= 0.6 is 11.6 Å². The van der Waals surface area contributed by atoms with Gasteiger partial charge in [0.2, 0.25) is 0 Å². The van der Waals surface area contributed by atoms with Crippen LogP contribution in [0.1, 0.15) is 11.3 Å². The van der Waals surface area contributed by atoms with E-state index in [4.69, 9.17) is 21.1 Å². The summed E-state index contributed by atoms with van der Waals surface area (Å²) in [5.74, 6) is 1.38. The third-order valence-electron chi connectivity index (χ3n) is 4.67. The highest BCUT2D eigenvalue weighted by Crippen LogP contribution is 2.38. The fourth-order valence-corrected chi connectivity index (χ4v) is 3.44. The highest BCUT2D eigenvalue weighted by molar-refractivity contribution is 6.32. The van der Waals surface area contributed by atoms with Crippen molar-refractivity contribution in [1.29, 1.82) is 0 Å². The molecular formula is C24H20ClN3O2. The number of pyridine rings is 1. The number of rotatable bonds is 6. The van der Waals surface area contributed by atoms with E-state index in [1.54, 1.807) is 31.3 Å². The van der Waals surface area contributed by atoms with E-state index in [0.29, 0.717) is 16.5 Å². The van der Waals surface area contributed by atoms with Crippen LogP contribution in [0.2, 0.25) is 5.02 Å². The van der Waals surface area contributed by atoms with Gasteiger partial charge in [-0.05, 0) is 48.6 Å². The minimum atomic E-state index is 0.616. The summed E-state index contributed by atoms with van der Waals surface area (Å²) in [5.41, 5.74) is 4.28. The lowest BCUT2D eigenvalue weighted by Gasteiger charge is -2.15. The van der Waals surface area contributed by atoms with Gasteiger partial charge >= 0.3 is 0 Å². The second-order valence-electron chi connectivity index (χ2n) is 6.46. The summed E-state index contributed by atoms with van der Waals surface area (Å²) in [6, 6.07) is 19.2. The first-order valence-corrected chi connectivity index (χ1v) is 9.73. The molecule has 2 heterocycles. The zero-order valence-electron chi connectivity index (χ0n) is 16.6. The van der Waals surface area contributed by atoms with Gasteiger partial charge in [-0.2, -0.15) is 5.10 Å². The lowest BCUT2D eigenvalue weighted by Crippen LogP contribution is -2.01. The maximum absolute atomic E-state index is 6.42. The molecule has 0 spiro atoms. The van der Waals surface area contributed by atoms with Crippen molar-refractivity contribution < 1.29 is 9.47 Å². The van der Waals surface area contributed by atoms with E-state index < -0.39 is 0 Å². The highest BCUT2D eigenvalue weighted by atomic mass is 35.5. The van der Waals surface area contributed by atoms with E-state index >= 15 is 0 Å². The van der Waals surface area contributed by atoms with Crippen LogP contribution in [0, 0.1) is 0 Å². The Morgan fingerprint density at radius 2 is 1.67 bits per heavy atom. The number of halogens is 1. The molecule has 0 aliphatic rings. The first-order chi connectivity index (χ1) is 14.7. The van der Waals surface area contributed by atoms with Gasteiger partial charge < -0.3 is 9.47 Å². The summed E-state index contributed by atoms with van der Waals surface area (Å²) >= 11 is 6.42. The molecule has 4 aromatic rings. The van der Waals surface area contributed by atoms with E-state index in [1.165, 1.54) is 0 Å². The molecular weight excluding hydrogens is 398 g/mol. The van der Waals surface area contributed by atoms with Crippen molar-refractivity contribution in [2.75, 3.05) is 14.2 Å². The molecule has 0 fully saturated rings. The maximum Gasteiger partial charge on any atom is 0.131 e. The number of ether oxygens (including phenoxy) is 2. The highest BCUT2D eigenvalue weighted by Gasteiger charge is 2.17. The molecule has 6 heteroatoms. The lowest BCUT2D eigenvalue weighted by molar-refractivity contribution is 0.394. The molecule has 0 unspecified atom stereocenters. The first kappa shape index (κ1) is 19.7. The molecule has 5 nitrogen and oxygen atoms in total. The van der Waals surface area contributed by atoms with Crippen molar-refractivity contribution in [3.05, 3.63) is 89.3 Å². The number of hydrogen-bond acceptors (Lipinski definition) is 4. The maximum atomic E-state index is 6.42. The molecule has 2 aromatic heterocycles. The van der Waals surface area contributed by atoms with Crippen LogP contribution < -0.4 is 9.47 Å². The van der Waals surface area contributed by atoms with Crippen LogP contribution in [0.3, 0.4) is 0 Å². The molecule has 0 N–H and O–H groups in total. The Kier molecular flexibility index (Phi) is 5.82. The third-order valence-corrected chi connectivity index (χ3v) is 4.99. The van der Waals surface area contributed by atoms with E-state index in [2.05, 4.69) is 10.1 Å². The van der Waals surface area contributed by atoms with Crippen LogP contribution in [0.4, 0.5) is 0 Å². The molecule has 0 radical (unpaired) electrons. The summed E-state index contributed by atoms with van der Waals surface area (Å²) in [6.07, 6.45) is 7.42. The number of hydrogen-bond donors (Lipinski definition) is 0. The largest absolute Gasteiger partial charge is 0.496 e. The Morgan fingerprint density at radius 3 is 2.40 bits per heavy atom. The average Bonchev–Trinajstić information content (AvgIpc) is 3.27. The summed E-state index contributed by atoms with van der Waals surface area (Å²) in [7, 11) is 3.28. The summed E-state index contributed by atoms with van der Waals surface area (Å²) < 4.78 is 13.1. The fourth-order valence-electron chi connectivity index (χ4n) is 3.23. The number of para-hydroxylation sites is 1. The Balaban J connectivity index is 1.84. The molecule has 0 saturated carbocycles. The average molecular weight is 418 g/mol. The van der Waals surface area contributed by atoms with Crippen molar-refractivity contribution in [2.45, 2.75) is 0 Å². The topological polar surface area (TPSA) is 49.2 Å². The minimum absolute atomic E-state index is 0.616. The molecule has 4 rings (SSSR count). The molecule has 150 valence electrons. The lowest BCUT2D eigenvalue weighted by atomic mass is 10.0. The van der Waals surface area contributed by atoms with Crippen molar-refractivity contribution in [3.63, 3.8) is 0 Å². The number of aromatic nitrogens is 3. The van der Waals surface area contributed by atoms with Crippen LogP contribution in [-0.4, -0.2) is 29.0 Å². The van der Waals surface area contributed by atoms with E-state index in [0.717, 1.165) is 28.2 Å².